The van der Waals surface area contributed by atoms with Gasteiger partial charge in [0, 0.05) is 39.7 Å². The van der Waals surface area contributed by atoms with E-state index in [1.807, 2.05) is 29.2 Å². The Labute approximate surface area is 137 Å². The predicted molar refractivity (Wildman–Crippen MR) is 87.8 cm³/mol. The average Bonchev–Trinajstić information content (AvgIpc) is 3.09. The van der Waals surface area contributed by atoms with Crippen LogP contribution in [0.2, 0.25) is 0 Å². The van der Waals surface area contributed by atoms with Crippen molar-refractivity contribution in [2.75, 3.05) is 26.7 Å². The SMILES string of the molecule is COCc1ccccc1CNC(=O)NCCC(=O)N1CCCC1. The lowest BCUT2D eigenvalue weighted by Gasteiger charge is -2.15. The number of amides is 3. The first kappa shape index (κ1) is 17.3. The molecule has 1 aliphatic heterocycles. The number of nitrogens with one attached hydrogen (secondary N) is 2. The van der Waals surface area contributed by atoms with Crippen molar-refractivity contribution in [2.24, 2.45) is 0 Å². The van der Waals surface area contributed by atoms with Crippen LogP contribution in [0, 0.1) is 0 Å². The van der Waals surface area contributed by atoms with E-state index in [9.17, 15) is 9.59 Å². The Hall–Kier alpha value is -2.08. The summed E-state index contributed by atoms with van der Waals surface area (Å²) in [6.07, 6.45) is 2.52. The molecular formula is C17H25N3O3. The van der Waals surface area contributed by atoms with E-state index in [0.717, 1.165) is 37.1 Å². The fraction of sp³-hybridized carbons (Fsp3) is 0.529. The van der Waals surface area contributed by atoms with E-state index in [1.165, 1.54) is 0 Å². The minimum absolute atomic E-state index is 0.119. The Morgan fingerprint density at radius 3 is 2.52 bits per heavy atom. The van der Waals surface area contributed by atoms with Crippen molar-refractivity contribution in [1.29, 1.82) is 0 Å². The fourth-order valence-corrected chi connectivity index (χ4v) is 2.67. The molecule has 2 rings (SSSR count). The maximum absolute atomic E-state index is 11.9. The predicted octanol–water partition coefficient (Wildman–Crippen LogP) is 1.64. The largest absolute Gasteiger partial charge is 0.380 e. The molecule has 0 unspecified atom stereocenters. The van der Waals surface area contributed by atoms with Gasteiger partial charge in [-0.1, -0.05) is 24.3 Å². The molecule has 1 aromatic rings. The second-order valence-electron chi connectivity index (χ2n) is 5.65. The second-order valence-corrected chi connectivity index (χ2v) is 5.65. The highest BCUT2D eigenvalue weighted by Gasteiger charge is 2.17. The molecule has 0 aliphatic carbocycles. The van der Waals surface area contributed by atoms with Crippen LogP contribution in [0.25, 0.3) is 0 Å². The summed E-state index contributed by atoms with van der Waals surface area (Å²) in [5, 5.41) is 5.54. The van der Waals surface area contributed by atoms with Gasteiger partial charge in [-0.05, 0) is 24.0 Å². The monoisotopic (exact) mass is 319 g/mol. The quantitative estimate of drug-likeness (QED) is 0.803. The van der Waals surface area contributed by atoms with Gasteiger partial charge < -0.3 is 20.3 Å². The summed E-state index contributed by atoms with van der Waals surface area (Å²) in [5.74, 6) is 0.119. The summed E-state index contributed by atoms with van der Waals surface area (Å²) < 4.78 is 5.14. The normalized spacial score (nSPS) is 13.9. The minimum Gasteiger partial charge on any atom is -0.380 e. The summed E-state index contributed by atoms with van der Waals surface area (Å²) in [6.45, 7) is 3.01. The summed E-state index contributed by atoms with van der Waals surface area (Å²) in [5.41, 5.74) is 2.08. The number of nitrogens with zero attached hydrogens (tertiary/aromatic N) is 1. The van der Waals surface area contributed by atoms with Gasteiger partial charge in [0.05, 0.1) is 6.61 Å². The molecule has 126 valence electrons. The Balaban J connectivity index is 1.68. The maximum atomic E-state index is 11.9. The van der Waals surface area contributed by atoms with Gasteiger partial charge in [0.1, 0.15) is 0 Å². The van der Waals surface area contributed by atoms with Crippen LogP contribution in [-0.2, 0) is 22.7 Å². The molecule has 1 fully saturated rings. The minimum atomic E-state index is -0.258. The van der Waals surface area contributed by atoms with Gasteiger partial charge in [-0.2, -0.15) is 0 Å². The summed E-state index contributed by atoms with van der Waals surface area (Å²) in [7, 11) is 1.65. The Morgan fingerprint density at radius 1 is 1.13 bits per heavy atom. The van der Waals surface area contributed by atoms with Crippen LogP contribution < -0.4 is 10.6 Å². The molecule has 3 amide bonds. The van der Waals surface area contributed by atoms with Gasteiger partial charge in [-0.25, -0.2) is 4.79 Å². The van der Waals surface area contributed by atoms with Gasteiger partial charge in [0.15, 0.2) is 0 Å². The lowest BCUT2D eigenvalue weighted by Crippen LogP contribution is -2.38. The van der Waals surface area contributed by atoms with Crippen LogP contribution in [0.4, 0.5) is 4.79 Å². The van der Waals surface area contributed by atoms with Gasteiger partial charge in [-0.15, -0.1) is 0 Å². The number of likely N-dealkylation sites (tertiary alicyclic amines) is 1. The van der Waals surface area contributed by atoms with Gasteiger partial charge in [0.25, 0.3) is 0 Å². The van der Waals surface area contributed by atoms with Crippen LogP contribution in [0.15, 0.2) is 24.3 Å². The summed E-state index contributed by atoms with van der Waals surface area (Å²) in [6, 6.07) is 7.56. The number of carbonyl (C=O) groups excluding carboxylic acids is 2. The molecule has 6 heteroatoms. The van der Waals surface area contributed by atoms with E-state index in [0.29, 0.717) is 26.1 Å². The van der Waals surface area contributed by atoms with Crippen molar-refractivity contribution in [3.8, 4) is 0 Å². The number of urea groups is 1. The highest BCUT2D eigenvalue weighted by molar-refractivity contribution is 5.78. The third-order valence-electron chi connectivity index (χ3n) is 3.94. The molecule has 0 radical (unpaired) electrons. The van der Waals surface area contributed by atoms with Gasteiger partial charge >= 0.3 is 6.03 Å². The molecule has 0 bridgehead atoms. The number of carbonyl (C=O) groups is 2. The van der Waals surface area contributed by atoms with Crippen LogP contribution in [0.5, 0.6) is 0 Å². The molecule has 1 saturated heterocycles. The van der Waals surface area contributed by atoms with E-state index in [1.54, 1.807) is 7.11 Å². The number of hydrogen-bond donors (Lipinski definition) is 2. The van der Waals surface area contributed by atoms with E-state index in [-0.39, 0.29) is 11.9 Å². The highest BCUT2D eigenvalue weighted by Crippen LogP contribution is 2.10. The molecule has 0 aromatic heterocycles. The summed E-state index contributed by atoms with van der Waals surface area (Å²) in [4.78, 5) is 25.5. The first-order chi connectivity index (χ1) is 11.2. The number of rotatable bonds is 7. The topological polar surface area (TPSA) is 70.7 Å². The van der Waals surface area contributed by atoms with E-state index in [4.69, 9.17) is 4.74 Å². The molecule has 1 aromatic carbocycles. The number of methoxy groups -OCH3 is 1. The number of hydrogen-bond acceptors (Lipinski definition) is 3. The smallest absolute Gasteiger partial charge is 0.315 e. The number of benzene rings is 1. The Morgan fingerprint density at radius 2 is 1.83 bits per heavy atom. The van der Waals surface area contributed by atoms with Crippen LogP contribution in [0.3, 0.4) is 0 Å². The van der Waals surface area contributed by atoms with E-state index >= 15 is 0 Å². The molecule has 6 nitrogen and oxygen atoms in total. The van der Waals surface area contributed by atoms with Crippen LogP contribution in [0.1, 0.15) is 30.4 Å². The Kier molecular flexibility index (Phi) is 6.87. The number of ether oxygens (including phenoxy) is 1. The van der Waals surface area contributed by atoms with Crippen molar-refractivity contribution in [3.05, 3.63) is 35.4 Å². The van der Waals surface area contributed by atoms with Crippen LogP contribution in [-0.4, -0.2) is 43.6 Å². The molecule has 23 heavy (non-hydrogen) atoms. The third kappa shape index (κ3) is 5.56. The molecular weight excluding hydrogens is 294 g/mol. The van der Waals surface area contributed by atoms with Crippen molar-refractivity contribution in [3.63, 3.8) is 0 Å². The highest BCUT2D eigenvalue weighted by atomic mass is 16.5. The Bertz CT molecular complexity index is 528. The lowest BCUT2D eigenvalue weighted by molar-refractivity contribution is -0.129. The van der Waals surface area contributed by atoms with E-state index < -0.39 is 0 Å². The lowest BCUT2D eigenvalue weighted by atomic mass is 10.1. The molecule has 2 N–H and O–H groups in total. The zero-order valence-corrected chi connectivity index (χ0v) is 13.6. The first-order valence-corrected chi connectivity index (χ1v) is 8.06. The van der Waals surface area contributed by atoms with Gasteiger partial charge in [-0.3, -0.25) is 4.79 Å². The molecule has 1 heterocycles. The fourth-order valence-electron chi connectivity index (χ4n) is 2.67. The second kappa shape index (κ2) is 9.15. The van der Waals surface area contributed by atoms with E-state index in [2.05, 4.69) is 10.6 Å². The molecule has 0 atom stereocenters. The van der Waals surface area contributed by atoms with Crippen molar-refractivity contribution in [1.82, 2.24) is 15.5 Å². The van der Waals surface area contributed by atoms with Crippen molar-refractivity contribution in [2.45, 2.75) is 32.4 Å². The zero-order chi connectivity index (χ0) is 16.5. The van der Waals surface area contributed by atoms with Gasteiger partial charge in [0.2, 0.25) is 5.91 Å². The summed E-state index contributed by atoms with van der Waals surface area (Å²) >= 11 is 0. The van der Waals surface area contributed by atoms with Crippen LogP contribution >= 0.6 is 0 Å². The standard InChI is InChI=1S/C17H25N3O3/c1-23-13-15-7-3-2-6-14(15)12-19-17(22)18-9-8-16(21)20-10-4-5-11-20/h2-3,6-7H,4-5,8-13H2,1H3,(H2,18,19,22). The van der Waals surface area contributed by atoms with Crippen molar-refractivity contribution < 1.29 is 14.3 Å². The van der Waals surface area contributed by atoms with Crippen molar-refractivity contribution >= 4 is 11.9 Å². The zero-order valence-electron chi connectivity index (χ0n) is 13.6. The molecule has 0 saturated carbocycles. The third-order valence-corrected chi connectivity index (χ3v) is 3.94. The molecule has 0 spiro atoms. The average molecular weight is 319 g/mol. The molecule has 1 aliphatic rings. The maximum Gasteiger partial charge on any atom is 0.315 e. The first-order valence-electron chi connectivity index (χ1n) is 8.06.